The third-order valence-electron chi connectivity index (χ3n) is 4.36. The summed E-state index contributed by atoms with van der Waals surface area (Å²) in [7, 11) is 0. The number of halogens is 1. The molecule has 0 bridgehead atoms. The summed E-state index contributed by atoms with van der Waals surface area (Å²) < 4.78 is 14.7. The lowest BCUT2D eigenvalue weighted by atomic mass is 10.0. The maximum absolute atomic E-state index is 13.5. The Morgan fingerprint density at radius 1 is 1.10 bits per heavy atom. The molecule has 2 N–H and O–H groups in total. The summed E-state index contributed by atoms with van der Waals surface area (Å²) in [6, 6.07) is 14.7. The zero-order valence-corrected chi connectivity index (χ0v) is 16.6. The molecular formula is C22H23FN4O2. The van der Waals surface area contributed by atoms with Gasteiger partial charge >= 0.3 is 0 Å². The van der Waals surface area contributed by atoms with Crippen molar-refractivity contribution in [3.63, 3.8) is 0 Å². The van der Waals surface area contributed by atoms with Gasteiger partial charge in [0.25, 0.3) is 5.56 Å². The van der Waals surface area contributed by atoms with Gasteiger partial charge < -0.3 is 10.6 Å². The first-order valence-corrected chi connectivity index (χ1v) is 9.32. The van der Waals surface area contributed by atoms with Crippen molar-refractivity contribution in [2.45, 2.75) is 33.2 Å². The Kier molecular flexibility index (Phi) is 6.07. The van der Waals surface area contributed by atoms with Gasteiger partial charge in [0.15, 0.2) is 0 Å². The van der Waals surface area contributed by atoms with Crippen LogP contribution >= 0.6 is 0 Å². The predicted molar refractivity (Wildman–Crippen MR) is 112 cm³/mol. The van der Waals surface area contributed by atoms with Crippen molar-refractivity contribution in [3.8, 4) is 0 Å². The fourth-order valence-electron chi connectivity index (χ4n) is 2.88. The average Bonchev–Trinajstić information content (AvgIpc) is 2.65. The highest BCUT2D eigenvalue weighted by molar-refractivity contribution is 5.90. The molecule has 6 nitrogen and oxygen atoms in total. The number of nitrogens with zero attached hydrogens (tertiary/aromatic N) is 2. The minimum atomic E-state index is -0.417. The summed E-state index contributed by atoms with van der Waals surface area (Å²) in [5, 5.41) is 5.73. The maximum Gasteiger partial charge on any atom is 0.255 e. The number of rotatable bonds is 6. The molecule has 1 aromatic heterocycles. The van der Waals surface area contributed by atoms with Crippen LogP contribution in [-0.2, 0) is 11.3 Å². The number of benzene rings is 2. The smallest absolute Gasteiger partial charge is 0.255 e. The molecule has 29 heavy (non-hydrogen) atoms. The van der Waals surface area contributed by atoms with Gasteiger partial charge in [-0.2, -0.15) is 0 Å². The summed E-state index contributed by atoms with van der Waals surface area (Å²) in [6.45, 7) is 5.60. The number of amides is 1. The second-order valence-electron chi connectivity index (χ2n) is 7.11. The van der Waals surface area contributed by atoms with E-state index in [1.165, 1.54) is 22.8 Å². The zero-order valence-electron chi connectivity index (χ0n) is 16.6. The van der Waals surface area contributed by atoms with Crippen molar-refractivity contribution in [2.75, 3.05) is 10.6 Å². The van der Waals surface area contributed by atoms with Crippen molar-refractivity contribution in [1.82, 2.24) is 9.55 Å². The van der Waals surface area contributed by atoms with E-state index in [4.69, 9.17) is 0 Å². The highest BCUT2D eigenvalue weighted by Gasteiger charge is 2.13. The van der Waals surface area contributed by atoms with Crippen LogP contribution in [0.1, 0.15) is 31.0 Å². The Labute approximate surface area is 168 Å². The molecule has 0 aliphatic rings. The molecule has 0 aliphatic carbocycles. The Morgan fingerprint density at radius 2 is 1.83 bits per heavy atom. The largest absolute Gasteiger partial charge is 0.325 e. The van der Waals surface area contributed by atoms with Crippen molar-refractivity contribution < 1.29 is 9.18 Å². The van der Waals surface area contributed by atoms with E-state index in [-0.39, 0.29) is 24.0 Å². The van der Waals surface area contributed by atoms with Crippen LogP contribution in [0.4, 0.5) is 21.7 Å². The summed E-state index contributed by atoms with van der Waals surface area (Å²) in [5.41, 5.74) is 2.32. The molecule has 0 fully saturated rings. The van der Waals surface area contributed by atoms with Crippen LogP contribution in [0.5, 0.6) is 0 Å². The van der Waals surface area contributed by atoms with Gasteiger partial charge in [0.2, 0.25) is 11.9 Å². The maximum atomic E-state index is 13.5. The summed E-state index contributed by atoms with van der Waals surface area (Å²) >= 11 is 0. The van der Waals surface area contributed by atoms with Crippen LogP contribution in [0, 0.1) is 12.7 Å². The highest BCUT2D eigenvalue weighted by atomic mass is 19.1. The lowest BCUT2D eigenvalue weighted by molar-refractivity contribution is -0.116. The van der Waals surface area contributed by atoms with Crippen LogP contribution < -0.4 is 16.2 Å². The van der Waals surface area contributed by atoms with Gasteiger partial charge in [0, 0.05) is 23.1 Å². The number of aryl methyl sites for hydroxylation is 1. The van der Waals surface area contributed by atoms with Crippen LogP contribution in [-0.4, -0.2) is 15.5 Å². The highest BCUT2D eigenvalue weighted by Crippen LogP contribution is 2.19. The molecule has 1 amide bonds. The van der Waals surface area contributed by atoms with E-state index >= 15 is 0 Å². The minimum Gasteiger partial charge on any atom is -0.325 e. The predicted octanol–water partition coefficient (Wildman–Crippen LogP) is 4.20. The first-order valence-electron chi connectivity index (χ1n) is 9.32. The number of carbonyl (C=O) groups excluding carboxylic acids is 1. The SMILES string of the molecule is Cc1cc(=O)n(CC(=O)Nc2cccc(C(C)C)c2)c(Nc2cccc(F)c2)n1. The number of hydrogen-bond donors (Lipinski definition) is 2. The Balaban J connectivity index is 1.83. The molecular weight excluding hydrogens is 371 g/mol. The number of anilines is 3. The average molecular weight is 394 g/mol. The first kappa shape index (κ1) is 20.3. The molecule has 7 heteroatoms. The molecule has 150 valence electrons. The van der Waals surface area contributed by atoms with Gasteiger partial charge in [-0.3, -0.25) is 14.2 Å². The lowest BCUT2D eigenvalue weighted by Crippen LogP contribution is -2.30. The second-order valence-corrected chi connectivity index (χ2v) is 7.11. The molecule has 3 rings (SSSR count). The molecule has 0 saturated carbocycles. The first-order chi connectivity index (χ1) is 13.8. The van der Waals surface area contributed by atoms with E-state index in [2.05, 4.69) is 29.5 Å². The van der Waals surface area contributed by atoms with E-state index in [1.807, 2.05) is 18.2 Å². The van der Waals surface area contributed by atoms with Gasteiger partial charge in [0.1, 0.15) is 12.4 Å². The normalized spacial score (nSPS) is 10.8. The quantitative estimate of drug-likeness (QED) is 0.657. The van der Waals surface area contributed by atoms with Crippen molar-refractivity contribution in [2.24, 2.45) is 0 Å². The fraction of sp³-hybridized carbons (Fsp3) is 0.227. The number of aromatic nitrogens is 2. The molecule has 0 saturated heterocycles. The molecule has 0 atom stereocenters. The molecule has 0 aliphatic heterocycles. The number of hydrogen-bond acceptors (Lipinski definition) is 4. The second kappa shape index (κ2) is 8.68. The molecule has 0 unspecified atom stereocenters. The molecule has 0 radical (unpaired) electrons. The minimum absolute atomic E-state index is 0.173. The molecule has 0 spiro atoms. The van der Waals surface area contributed by atoms with E-state index in [1.54, 1.807) is 25.1 Å². The summed E-state index contributed by atoms with van der Waals surface area (Å²) in [4.78, 5) is 29.4. The topological polar surface area (TPSA) is 76.0 Å². The molecule has 3 aromatic rings. The number of carbonyl (C=O) groups is 1. The van der Waals surface area contributed by atoms with E-state index in [0.717, 1.165) is 5.56 Å². The van der Waals surface area contributed by atoms with Crippen LogP contribution in [0.2, 0.25) is 0 Å². The summed E-state index contributed by atoms with van der Waals surface area (Å²) in [6.07, 6.45) is 0. The van der Waals surface area contributed by atoms with Gasteiger partial charge in [-0.05, 0) is 48.7 Å². The fourth-order valence-corrected chi connectivity index (χ4v) is 2.88. The van der Waals surface area contributed by atoms with E-state index in [0.29, 0.717) is 23.0 Å². The standard InChI is InChI=1S/C22H23FN4O2/c1-14(2)16-6-4-8-18(11-16)25-20(28)13-27-21(29)10-15(3)24-22(27)26-19-9-5-7-17(23)12-19/h4-12,14H,13H2,1-3H3,(H,24,26)(H,25,28). The van der Waals surface area contributed by atoms with Gasteiger partial charge in [0.05, 0.1) is 0 Å². The lowest BCUT2D eigenvalue weighted by Gasteiger charge is -2.15. The van der Waals surface area contributed by atoms with Crippen LogP contribution in [0.3, 0.4) is 0 Å². The monoisotopic (exact) mass is 394 g/mol. The molecule has 2 aromatic carbocycles. The Morgan fingerprint density at radius 3 is 2.55 bits per heavy atom. The van der Waals surface area contributed by atoms with Gasteiger partial charge in [-0.25, -0.2) is 9.37 Å². The van der Waals surface area contributed by atoms with Crippen molar-refractivity contribution >= 4 is 23.2 Å². The Bertz CT molecular complexity index is 1090. The third kappa shape index (κ3) is 5.28. The van der Waals surface area contributed by atoms with Gasteiger partial charge in [-0.1, -0.05) is 32.0 Å². The van der Waals surface area contributed by atoms with E-state index in [9.17, 15) is 14.0 Å². The third-order valence-corrected chi connectivity index (χ3v) is 4.36. The van der Waals surface area contributed by atoms with Crippen LogP contribution in [0.25, 0.3) is 0 Å². The summed E-state index contributed by atoms with van der Waals surface area (Å²) in [5.74, 6) is -0.273. The van der Waals surface area contributed by atoms with Crippen molar-refractivity contribution in [1.29, 1.82) is 0 Å². The zero-order chi connectivity index (χ0) is 21.0. The van der Waals surface area contributed by atoms with E-state index < -0.39 is 5.82 Å². The molecule has 1 heterocycles. The van der Waals surface area contributed by atoms with Crippen molar-refractivity contribution in [3.05, 3.63) is 82.0 Å². The Hall–Kier alpha value is -3.48. The van der Waals surface area contributed by atoms with Crippen LogP contribution in [0.15, 0.2) is 59.4 Å². The number of nitrogens with one attached hydrogen (secondary N) is 2. The van der Waals surface area contributed by atoms with Gasteiger partial charge in [-0.15, -0.1) is 0 Å².